The number of aliphatic hydroxyl groups excluding tert-OH is 1. The first-order valence-electron chi connectivity index (χ1n) is 6.08. The molecular formula is C15H12N2O4. The molecule has 0 aliphatic rings. The van der Waals surface area contributed by atoms with Gasteiger partial charge in [-0.05, 0) is 24.3 Å². The highest BCUT2D eigenvalue weighted by Gasteiger charge is 2.07. The molecule has 0 aromatic heterocycles. The fraction of sp³-hybridized carbons (Fsp3) is 0. The lowest BCUT2D eigenvalue weighted by Crippen LogP contribution is -2.08. The summed E-state index contributed by atoms with van der Waals surface area (Å²) in [4.78, 5) is 21.7. The van der Waals surface area contributed by atoms with Crippen LogP contribution in [0.3, 0.4) is 0 Å². The number of nitrogens with one attached hydrogen (secondary N) is 1. The Morgan fingerprint density at radius 1 is 1.10 bits per heavy atom. The molecule has 21 heavy (non-hydrogen) atoms. The fourth-order valence-electron chi connectivity index (χ4n) is 1.66. The molecule has 0 unspecified atom stereocenters. The molecule has 0 aliphatic carbocycles. The SMILES string of the molecule is O=C(C=C(O)c1ccc([N+](=O)[O-])cc1)Nc1ccccc1. The van der Waals surface area contributed by atoms with Crippen LogP contribution < -0.4 is 5.32 Å². The average Bonchev–Trinajstić information content (AvgIpc) is 2.48. The van der Waals surface area contributed by atoms with E-state index >= 15 is 0 Å². The minimum Gasteiger partial charge on any atom is -0.507 e. The predicted molar refractivity (Wildman–Crippen MR) is 78.8 cm³/mol. The first-order chi connectivity index (χ1) is 10.1. The average molecular weight is 284 g/mol. The molecule has 106 valence electrons. The molecule has 0 bridgehead atoms. The largest absolute Gasteiger partial charge is 0.507 e. The second-order valence-electron chi connectivity index (χ2n) is 4.19. The van der Waals surface area contributed by atoms with Crippen LogP contribution in [0.25, 0.3) is 5.76 Å². The zero-order valence-corrected chi connectivity index (χ0v) is 10.9. The molecule has 0 spiro atoms. The fourth-order valence-corrected chi connectivity index (χ4v) is 1.66. The second kappa shape index (κ2) is 6.33. The van der Waals surface area contributed by atoms with Crippen LogP contribution in [-0.4, -0.2) is 15.9 Å². The maximum Gasteiger partial charge on any atom is 0.269 e. The Morgan fingerprint density at radius 3 is 2.29 bits per heavy atom. The van der Waals surface area contributed by atoms with Gasteiger partial charge in [-0.25, -0.2) is 0 Å². The minimum absolute atomic E-state index is 0.0831. The number of nitro groups is 1. The van der Waals surface area contributed by atoms with Crippen LogP contribution in [0.5, 0.6) is 0 Å². The number of rotatable bonds is 4. The predicted octanol–water partition coefficient (Wildman–Crippen LogP) is 3.13. The van der Waals surface area contributed by atoms with Gasteiger partial charge < -0.3 is 10.4 Å². The molecule has 2 N–H and O–H groups in total. The number of carbonyl (C=O) groups excluding carboxylic acids is 1. The molecule has 0 radical (unpaired) electrons. The zero-order valence-electron chi connectivity index (χ0n) is 10.9. The summed E-state index contributed by atoms with van der Waals surface area (Å²) in [6.07, 6.45) is 1.02. The number of aliphatic hydroxyl groups is 1. The van der Waals surface area contributed by atoms with Crippen LogP contribution in [-0.2, 0) is 4.79 Å². The Hall–Kier alpha value is -3.15. The highest BCUT2D eigenvalue weighted by atomic mass is 16.6. The van der Waals surface area contributed by atoms with Gasteiger partial charge in [0.15, 0.2) is 0 Å². The third-order valence-electron chi connectivity index (χ3n) is 2.68. The van der Waals surface area contributed by atoms with E-state index in [9.17, 15) is 20.0 Å². The molecule has 1 amide bonds. The van der Waals surface area contributed by atoms with E-state index < -0.39 is 10.8 Å². The van der Waals surface area contributed by atoms with Crippen LogP contribution in [0.1, 0.15) is 5.56 Å². The van der Waals surface area contributed by atoms with Crippen molar-refractivity contribution in [1.82, 2.24) is 0 Å². The Bertz CT molecular complexity index is 679. The molecule has 0 atom stereocenters. The summed E-state index contributed by atoms with van der Waals surface area (Å²) in [6.45, 7) is 0. The molecule has 6 heteroatoms. The van der Waals surface area contributed by atoms with Gasteiger partial charge in [-0.1, -0.05) is 18.2 Å². The molecule has 2 rings (SSSR count). The summed E-state index contributed by atoms with van der Waals surface area (Å²) < 4.78 is 0. The van der Waals surface area contributed by atoms with Crippen LogP contribution >= 0.6 is 0 Å². The topological polar surface area (TPSA) is 92.5 Å². The van der Waals surface area contributed by atoms with E-state index in [1.165, 1.54) is 24.3 Å². The Kier molecular flexibility index (Phi) is 4.30. The van der Waals surface area contributed by atoms with Crippen molar-refractivity contribution in [2.75, 3.05) is 5.32 Å². The minimum atomic E-state index is -0.535. The lowest BCUT2D eigenvalue weighted by atomic mass is 10.1. The van der Waals surface area contributed by atoms with Gasteiger partial charge in [0.05, 0.1) is 4.92 Å². The van der Waals surface area contributed by atoms with Gasteiger partial charge in [0.1, 0.15) is 5.76 Å². The zero-order chi connectivity index (χ0) is 15.2. The molecule has 2 aromatic rings. The quantitative estimate of drug-likeness (QED) is 0.390. The number of hydrogen-bond donors (Lipinski definition) is 2. The monoisotopic (exact) mass is 284 g/mol. The maximum absolute atomic E-state index is 11.7. The highest BCUT2D eigenvalue weighted by Crippen LogP contribution is 2.17. The molecule has 0 saturated carbocycles. The van der Waals surface area contributed by atoms with Crippen molar-refractivity contribution in [2.45, 2.75) is 0 Å². The highest BCUT2D eigenvalue weighted by molar-refractivity contribution is 6.03. The van der Waals surface area contributed by atoms with E-state index in [-0.39, 0.29) is 11.4 Å². The first kappa shape index (κ1) is 14.3. The third-order valence-corrected chi connectivity index (χ3v) is 2.68. The van der Waals surface area contributed by atoms with E-state index in [4.69, 9.17) is 0 Å². The molecule has 6 nitrogen and oxygen atoms in total. The lowest BCUT2D eigenvalue weighted by molar-refractivity contribution is -0.384. The van der Waals surface area contributed by atoms with Crippen LogP contribution in [0.2, 0.25) is 0 Å². The van der Waals surface area contributed by atoms with Crippen LogP contribution in [0, 0.1) is 10.1 Å². The van der Waals surface area contributed by atoms with Gasteiger partial charge in [-0.15, -0.1) is 0 Å². The van der Waals surface area contributed by atoms with Crippen LogP contribution in [0.15, 0.2) is 60.7 Å². The van der Waals surface area contributed by atoms with Crippen molar-refractivity contribution in [1.29, 1.82) is 0 Å². The number of benzene rings is 2. The van der Waals surface area contributed by atoms with Gasteiger partial charge in [-0.2, -0.15) is 0 Å². The Balaban J connectivity index is 2.09. The molecule has 2 aromatic carbocycles. The van der Waals surface area contributed by atoms with Crippen molar-refractivity contribution in [3.05, 3.63) is 76.4 Å². The number of amides is 1. The molecule has 0 fully saturated rings. The van der Waals surface area contributed by atoms with Gasteiger partial charge in [0.2, 0.25) is 0 Å². The Morgan fingerprint density at radius 2 is 1.71 bits per heavy atom. The molecule has 0 heterocycles. The number of nitro benzene ring substituents is 1. The number of nitrogens with zero attached hydrogens (tertiary/aromatic N) is 1. The number of para-hydroxylation sites is 1. The summed E-state index contributed by atoms with van der Waals surface area (Å²) >= 11 is 0. The molecular weight excluding hydrogens is 272 g/mol. The summed E-state index contributed by atoms with van der Waals surface area (Å²) in [6, 6.07) is 14.1. The standard InChI is InChI=1S/C15H12N2O4/c18-14(11-6-8-13(9-7-11)17(20)21)10-15(19)16-12-4-2-1-3-5-12/h1-10,18H,(H,16,19). The Labute approximate surface area is 120 Å². The van der Waals surface area contributed by atoms with E-state index in [1.54, 1.807) is 24.3 Å². The van der Waals surface area contributed by atoms with Crippen molar-refractivity contribution < 1.29 is 14.8 Å². The second-order valence-corrected chi connectivity index (χ2v) is 4.19. The normalized spacial score (nSPS) is 11.0. The summed E-state index contributed by atoms with van der Waals surface area (Å²) in [5, 5.41) is 22.9. The molecule has 0 aliphatic heterocycles. The summed E-state index contributed by atoms with van der Waals surface area (Å²) in [5.41, 5.74) is 0.847. The third kappa shape index (κ3) is 3.90. The lowest BCUT2D eigenvalue weighted by Gasteiger charge is -2.03. The van der Waals surface area contributed by atoms with Crippen molar-refractivity contribution in [2.24, 2.45) is 0 Å². The number of carbonyl (C=O) groups is 1. The van der Waals surface area contributed by atoms with Gasteiger partial charge in [0, 0.05) is 29.5 Å². The maximum atomic E-state index is 11.7. The smallest absolute Gasteiger partial charge is 0.269 e. The van der Waals surface area contributed by atoms with Gasteiger partial charge in [0.25, 0.3) is 11.6 Å². The van der Waals surface area contributed by atoms with E-state index in [2.05, 4.69) is 5.32 Å². The van der Waals surface area contributed by atoms with E-state index in [1.807, 2.05) is 6.07 Å². The van der Waals surface area contributed by atoms with Gasteiger partial charge in [-0.3, -0.25) is 14.9 Å². The van der Waals surface area contributed by atoms with Crippen molar-refractivity contribution in [3.63, 3.8) is 0 Å². The van der Waals surface area contributed by atoms with Gasteiger partial charge >= 0.3 is 0 Å². The van der Waals surface area contributed by atoms with Crippen molar-refractivity contribution in [3.8, 4) is 0 Å². The first-order valence-corrected chi connectivity index (χ1v) is 6.08. The number of hydrogen-bond acceptors (Lipinski definition) is 4. The van der Waals surface area contributed by atoms with Crippen molar-refractivity contribution >= 4 is 23.0 Å². The summed E-state index contributed by atoms with van der Waals surface area (Å²) in [7, 11) is 0. The molecule has 0 saturated heterocycles. The number of anilines is 1. The van der Waals surface area contributed by atoms with E-state index in [0.717, 1.165) is 6.08 Å². The number of non-ortho nitro benzene ring substituents is 1. The van der Waals surface area contributed by atoms with E-state index in [0.29, 0.717) is 11.3 Å². The van der Waals surface area contributed by atoms with Crippen LogP contribution in [0.4, 0.5) is 11.4 Å². The summed E-state index contributed by atoms with van der Waals surface area (Å²) in [5.74, 6) is -0.754.